The number of halogens is 2. The quantitative estimate of drug-likeness (QED) is 0.924. The van der Waals surface area contributed by atoms with Crippen molar-refractivity contribution in [3.05, 3.63) is 35.4 Å². The monoisotopic (exact) mass is 282 g/mol. The van der Waals surface area contributed by atoms with Gasteiger partial charge in [0.1, 0.15) is 0 Å². The summed E-state index contributed by atoms with van der Waals surface area (Å²) in [5, 5.41) is 3.23. The zero-order chi connectivity index (χ0) is 14.7. The minimum absolute atomic E-state index is 0.0924. The largest absolute Gasteiger partial charge is 0.339 e. The molecule has 1 aliphatic carbocycles. The zero-order valence-electron chi connectivity index (χ0n) is 11.8. The van der Waals surface area contributed by atoms with Crippen molar-refractivity contribution < 1.29 is 13.6 Å². The Bertz CT molecular complexity index is 485. The number of carbonyl (C=O) groups excluding carboxylic acids is 1. The predicted octanol–water partition coefficient (Wildman–Crippen LogP) is 2.57. The van der Waals surface area contributed by atoms with Crippen LogP contribution >= 0.6 is 0 Å². The summed E-state index contributed by atoms with van der Waals surface area (Å²) >= 11 is 0. The SMILES string of the molecule is CNC1CCC(N(C)C(=O)c2cccc(F)c2F)CC1. The van der Waals surface area contributed by atoms with E-state index in [9.17, 15) is 13.6 Å². The summed E-state index contributed by atoms with van der Waals surface area (Å²) in [6.07, 6.45) is 3.74. The van der Waals surface area contributed by atoms with Crippen LogP contribution in [0.25, 0.3) is 0 Å². The number of hydrogen-bond donors (Lipinski definition) is 1. The van der Waals surface area contributed by atoms with Crippen molar-refractivity contribution in [1.29, 1.82) is 0 Å². The highest BCUT2D eigenvalue weighted by Gasteiger charge is 2.28. The summed E-state index contributed by atoms with van der Waals surface area (Å²) in [4.78, 5) is 13.8. The van der Waals surface area contributed by atoms with Crippen molar-refractivity contribution in [3.8, 4) is 0 Å². The van der Waals surface area contributed by atoms with Crippen molar-refractivity contribution in [2.45, 2.75) is 37.8 Å². The maximum Gasteiger partial charge on any atom is 0.256 e. The molecule has 0 atom stereocenters. The highest BCUT2D eigenvalue weighted by Crippen LogP contribution is 2.24. The molecule has 3 nitrogen and oxygen atoms in total. The first-order valence-electron chi connectivity index (χ1n) is 6.93. The number of nitrogens with one attached hydrogen (secondary N) is 1. The fourth-order valence-electron chi connectivity index (χ4n) is 2.78. The topological polar surface area (TPSA) is 32.3 Å². The van der Waals surface area contributed by atoms with Gasteiger partial charge in [-0.05, 0) is 44.9 Å². The van der Waals surface area contributed by atoms with E-state index in [4.69, 9.17) is 0 Å². The van der Waals surface area contributed by atoms with Gasteiger partial charge in [-0.2, -0.15) is 0 Å². The molecule has 1 aromatic carbocycles. The second kappa shape index (κ2) is 6.31. The normalized spacial score (nSPS) is 22.6. The van der Waals surface area contributed by atoms with Gasteiger partial charge in [0.15, 0.2) is 11.6 Å². The van der Waals surface area contributed by atoms with Crippen molar-refractivity contribution in [2.24, 2.45) is 0 Å². The minimum atomic E-state index is -1.06. The first-order valence-corrected chi connectivity index (χ1v) is 6.93. The Balaban J connectivity index is 2.07. The highest BCUT2D eigenvalue weighted by atomic mass is 19.2. The smallest absolute Gasteiger partial charge is 0.256 e. The van der Waals surface area contributed by atoms with Gasteiger partial charge in [-0.25, -0.2) is 8.78 Å². The van der Waals surface area contributed by atoms with Crippen molar-refractivity contribution in [1.82, 2.24) is 10.2 Å². The van der Waals surface area contributed by atoms with E-state index in [-0.39, 0.29) is 11.6 Å². The Labute approximate surface area is 118 Å². The maximum atomic E-state index is 13.7. The van der Waals surface area contributed by atoms with E-state index < -0.39 is 17.5 Å². The molecule has 0 bridgehead atoms. The zero-order valence-corrected chi connectivity index (χ0v) is 11.8. The molecule has 0 radical (unpaired) electrons. The van der Waals surface area contributed by atoms with Gasteiger partial charge < -0.3 is 10.2 Å². The van der Waals surface area contributed by atoms with Crippen LogP contribution in [-0.2, 0) is 0 Å². The highest BCUT2D eigenvalue weighted by molar-refractivity contribution is 5.94. The Kier molecular flexibility index (Phi) is 4.70. The third-order valence-corrected chi connectivity index (χ3v) is 4.16. The van der Waals surface area contributed by atoms with Gasteiger partial charge in [-0.1, -0.05) is 6.07 Å². The van der Waals surface area contributed by atoms with Crippen LogP contribution in [0.5, 0.6) is 0 Å². The molecule has 1 fully saturated rings. The molecule has 2 rings (SSSR count). The number of carbonyl (C=O) groups is 1. The molecule has 0 unspecified atom stereocenters. The van der Waals surface area contributed by atoms with Gasteiger partial charge in [-0.15, -0.1) is 0 Å². The Morgan fingerprint density at radius 1 is 1.25 bits per heavy atom. The summed E-state index contributed by atoms with van der Waals surface area (Å²) in [7, 11) is 3.60. The lowest BCUT2D eigenvalue weighted by Crippen LogP contribution is -2.42. The molecule has 110 valence electrons. The molecule has 20 heavy (non-hydrogen) atoms. The van der Waals surface area contributed by atoms with E-state index in [2.05, 4.69) is 5.32 Å². The van der Waals surface area contributed by atoms with Crippen molar-refractivity contribution in [3.63, 3.8) is 0 Å². The average Bonchev–Trinajstić information content (AvgIpc) is 2.48. The molecule has 0 saturated heterocycles. The van der Waals surface area contributed by atoms with Crippen LogP contribution in [0, 0.1) is 11.6 Å². The molecule has 0 aromatic heterocycles. The van der Waals surface area contributed by atoms with Crippen LogP contribution in [0.4, 0.5) is 8.78 Å². The lowest BCUT2D eigenvalue weighted by molar-refractivity contribution is 0.0680. The molecule has 0 heterocycles. The Morgan fingerprint density at radius 3 is 2.50 bits per heavy atom. The number of benzene rings is 1. The maximum absolute atomic E-state index is 13.7. The summed E-state index contributed by atoms with van der Waals surface area (Å²) in [5.41, 5.74) is -0.191. The fraction of sp³-hybridized carbons (Fsp3) is 0.533. The minimum Gasteiger partial charge on any atom is -0.339 e. The van der Waals surface area contributed by atoms with Crippen LogP contribution in [0.1, 0.15) is 36.0 Å². The van der Waals surface area contributed by atoms with Crippen molar-refractivity contribution >= 4 is 5.91 Å². The number of hydrogen-bond acceptors (Lipinski definition) is 2. The van der Waals surface area contributed by atoms with Crippen molar-refractivity contribution in [2.75, 3.05) is 14.1 Å². The van der Waals surface area contributed by atoms with Crippen LogP contribution in [0.3, 0.4) is 0 Å². The molecule has 1 N–H and O–H groups in total. The lowest BCUT2D eigenvalue weighted by Gasteiger charge is -2.34. The van der Waals surface area contributed by atoms with E-state index in [1.165, 1.54) is 12.1 Å². The van der Waals surface area contributed by atoms with E-state index in [1.807, 2.05) is 7.05 Å². The molecule has 0 spiro atoms. The summed E-state index contributed by atoms with van der Waals surface area (Å²) < 4.78 is 26.9. The number of nitrogens with zero attached hydrogens (tertiary/aromatic N) is 1. The third-order valence-electron chi connectivity index (χ3n) is 4.16. The summed E-state index contributed by atoms with van der Waals surface area (Å²) in [6.45, 7) is 0. The third kappa shape index (κ3) is 2.98. The molecule has 5 heteroatoms. The first-order chi connectivity index (χ1) is 9.54. The second-order valence-electron chi connectivity index (χ2n) is 5.31. The Morgan fingerprint density at radius 2 is 1.90 bits per heavy atom. The molecular weight excluding hydrogens is 262 g/mol. The van der Waals surface area contributed by atoms with Crippen LogP contribution in [-0.4, -0.2) is 37.0 Å². The average molecular weight is 282 g/mol. The molecule has 1 aliphatic rings. The van der Waals surface area contributed by atoms with Gasteiger partial charge >= 0.3 is 0 Å². The van der Waals surface area contributed by atoms with E-state index >= 15 is 0 Å². The summed E-state index contributed by atoms with van der Waals surface area (Å²) in [6, 6.07) is 4.29. The van der Waals surface area contributed by atoms with Gasteiger partial charge in [0.25, 0.3) is 5.91 Å². The van der Waals surface area contributed by atoms with E-state index in [1.54, 1.807) is 11.9 Å². The van der Waals surface area contributed by atoms with Gasteiger partial charge in [-0.3, -0.25) is 4.79 Å². The predicted molar refractivity (Wildman–Crippen MR) is 73.6 cm³/mol. The molecular formula is C15H20F2N2O. The number of rotatable bonds is 3. The molecule has 1 aromatic rings. The van der Waals surface area contributed by atoms with Gasteiger partial charge in [0.2, 0.25) is 0 Å². The van der Waals surface area contributed by atoms with Gasteiger partial charge in [0.05, 0.1) is 5.56 Å². The van der Waals surface area contributed by atoms with E-state index in [0.29, 0.717) is 6.04 Å². The second-order valence-corrected chi connectivity index (χ2v) is 5.31. The Hall–Kier alpha value is -1.49. The standard InChI is InChI=1S/C15H20F2N2O/c1-18-10-6-8-11(9-7-10)19(2)15(20)12-4-3-5-13(16)14(12)17/h3-5,10-11,18H,6-9H2,1-2H3. The molecule has 0 aliphatic heterocycles. The fourth-order valence-corrected chi connectivity index (χ4v) is 2.78. The van der Waals surface area contributed by atoms with Crippen LogP contribution in [0.2, 0.25) is 0 Å². The lowest BCUT2D eigenvalue weighted by atomic mass is 9.90. The summed E-state index contributed by atoms with van der Waals surface area (Å²) in [5.74, 6) is -2.49. The van der Waals surface area contributed by atoms with Crippen LogP contribution in [0.15, 0.2) is 18.2 Å². The van der Waals surface area contributed by atoms with E-state index in [0.717, 1.165) is 31.7 Å². The molecule has 1 saturated carbocycles. The number of amides is 1. The molecule has 1 amide bonds. The van der Waals surface area contributed by atoms with Crippen LogP contribution < -0.4 is 5.32 Å². The van der Waals surface area contributed by atoms with Gasteiger partial charge in [0, 0.05) is 19.1 Å². The first kappa shape index (κ1) is 14.9.